The second kappa shape index (κ2) is 5.68. The third kappa shape index (κ3) is 2.72. The van der Waals surface area contributed by atoms with Crippen molar-refractivity contribution < 1.29 is 0 Å². The third-order valence-corrected chi connectivity index (χ3v) is 4.98. The van der Waals surface area contributed by atoms with Gasteiger partial charge in [-0.25, -0.2) is 0 Å². The third-order valence-electron chi connectivity index (χ3n) is 4.49. The first-order valence-corrected chi connectivity index (χ1v) is 8.00. The summed E-state index contributed by atoms with van der Waals surface area (Å²) in [5.41, 5.74) is 2.71. The standard InChI is InChI=1S/C16H21BrN2/c1-18-15-5-3-2-4-11(15)8-12-10-19-16-7-6-13(17)9-14(12)16/h6-7,9-11,15,18-19H,2-5,8H2,1H3. The smallest absolute Gasteiger partial charge is 0.0457 e. The van der Waals surface area contributed by atoms with E-state index in [9.17, 15) is 0 Å². The zero-order valence-corrected chi connectivity index (χ0v) is 13.0. The Morgan fingerprint density at radius 3 is 3.00 bits per heavy atom. The van der Waals surface area contributed by atoms with Crippen LogP contribution in [-0.2, 0) is 6.42 Å². The minimum Gasteiger partial charge on any atom is -0.361 e. The molecule has 1 saturated carbocycles. The molecule has 2 unspecified atom stereocenters. The van der Waals surface area contributed by atoms with Gasteiger partial charge >= 0.3 is 0 Å². The summed E-state index contributed by atoms with van der Waals surface area (Å²) in [5, 5.41) is 4.88. The average molecular weight is 321 g/mol. The maximum atomic E-state index is 3.58. The molecule has 0 aliphatic heterocycles. The van der Waals surface area contributed by atoms with Crippen molar-refractivity contribution in [2.24, 2.45) is 5.92 Å². The van der Waals surface area contributed by atoms with E-state index in [0.717, 1.165) is 10.4 Å². The van der Waals surface area contributed by atoms with E-state index in [1.807, 2.05) is 0 Å². The van der Waals surface area contributed by atoms with Crippen LogP contribution in [0.3, 0.4) is 0 Å². The average Bonchev–Trinajstić information content (AvgIpc) is 2.82. The monoisotopic (exact) mass is 320 g/mol. The highest BCUT2D eigenvalue weighted by molar-refractivity contribution is 9.10. The number of rotatable bonds is 3. The van der Waals surface area contributed by atoms with Gasteiger partial charge in [0.15, 0.2) is 0 Å². The van der Waals surface area contributed by atoms with E-state index >= 15 is 0 Å². The highest BCUT2D eigenvalue weighted by Gasteiger charge is 2.24. The maximum Gasteiger partial charge on any atom is 0.0457 e. The fraction of sp³-hybridized carbons (Fsp3) is 0.500. The molecule has 1 aromatic carbocycles. The van der Waals surface area contributed by atoms with Crippen LogP contribution in [0.2, 0.25) is 0 Å². The van der Waals surface area contributed by atoms with Gasteiger partial charge in [0.05, 0.1) is 0 Å². The van der Waals surface area contributed by atoms with E-state index in [2.05, 4.69) is 57.7 Å². The Labute approximate surface area is 123 Å². The van der Waals surface area contributed by atoms with Gasteiger partial charge in [-0.2, -0.15) is 0 Å². The lowest BCUT2D eigenvalue weighted by Crippen LogP contribution is -2.37. The number of hydrogen-bond acceptors (Lipinski definition) is 1. The van der Waals surface area contributed by atoms with Crippen molar-refractivity contribution in [3.8, 4) is 0 Å². The van der Waals surface area contributed by atoms with Gasteiger partial charge in [0, 0.05) is 27.6 Å². The van der Waals surface area contributed by atoms with Crippen LogP contribution in [-0.4, -0.2) is 18.1 Å². The van der Waals surface area contributed by atoms with E-state index < -0.39 is 0 Å². The van der Waals surface area contributed by atoms with Gasteiger partial charge < -0.3 is 10.3 Å². The number of benzene rings is 1. The number of H-pyrrole nitrogens is 1. The second-order valence-corrected chi connectivity index (χ2v) is 6.56. The molecule has 0 bridgehead atoms. The molecule has 0 radical (unpaired) electrons. The summed E-state index contributed by atoms with van der Waals surface area (Å²) in [7, 11) is 2.11. The first kappa shape index (κ1) is 13.2. The SMILES string of the molecule is CNC1CCCCC1Cc1c[nH]c2ccc(Br)cc12. The Morgan fingerprint density at radius 1 is 1.32 bits per heavy atom. The normalized spacial score (nSPS) is 23.9. The quantitative estimate of drug-likeness (QED) is 0.869. The molecule has 2 nitrogen and oxygen atoms in total. The summed E-state index contributed by atoms with van der Waals surface area (Å²) in [5.74, 6) is 0.775. The molecule has 1 heterocycles. The predicted octanol–water partition coefficient (Wildman–Crippen LogP) is 4.25. The number of halogens is 1. The molecule has 1 aliphatic carbocycles. The van der Waals surface area contributed by atoms with Crippen LogP contribution < -0.4 is 5.32 Å². The molecule has 2 atom stereocenters. The molecule has 0 amide bonds. The molecule has 2 aromatic rings. The van der Waals surface area contributed by atoms with Crippen LogP contribution in [0.4, 0.5) is 0 Å². The zero-order chi connectivity index (χ0) is 13.2. The lowest BCUT2D eigenvalue weighted by molar-refractivity contribution is 0.273. The molecule has 0 saturated heterocycles. The number of nitrogens with one attached hydrogen (secondary N) is 2. The molecule has 2 N–H and O–H groups in total. The molecule has 102 valence electrons. The van der Waals surface area contributed by atoms with Crippen LogP contribution in [0.25, 0.3) is 10.9 Å². The number of fused-ring (bicyclic) bond motifs is 1. The molecule has 3 heteroatoms. The Balaban J connectivity index is 1.86. The van der Waals surface area contributed by atoms with E-state index in [1.54, 1.807) is 0 Å². The molecule has 1 aromatic heterocycles. The number of hydrogen-bond donors (Lipinski definition) is 2. The predicted molar refractivity (Wildman–Crippen MR) is 84.5 cm³/mol. The molecule has 1 aliphatic rings. The van der Waals surface area contributed by atoms with E-state index in [4.69, 9.17) is 0 Å². The van der Waals surface area contributed by atoms with Crippen molar-refractivity contribution in [3.05, 3.63) is 34.4 Å². The summed E-state index contributed by atoms with van der Waals surface area (Å²) in [6.45, 7) is 0. The van der Waals surface area contributed by atoms with Gasteiger partial charge in [0.2, 0.25) is 0 Å². The largest absolute Gasteiger partial charge is 0.361 e. The van der Waals surface area contributed by atoms with Crippen molar-refractivity contribution >= 4 is 26.8 Å². The van der Waals surface area contributed by atoms with E-state index in [-0.39, 0.29) is 0 Å². The van der Waals surface area contributed by atoms with Crippen LogP contribution in [0.1, 0.15) is 31.2 Å². The van der Waals surface area contributed by atoms with Crippen LogP contribution in [0.5, 0.6) is 0 Å². The highest BCUT2D eigenvalue weighted by Crippen LogP contribution is 2.30. The molecule has 1 fully saturated rings. The van der Waals surface area contributed by atoms with E-state index in [1.165, 1.54) is 48.6 Å². The summed E-state index contributed by atoms with van der Waals surface area (Å²) >= 11 is 3.58. The summed E-state index contributed by atoms with van der Waals surface area (Å²) in [6, 6.07) is 7.17. The van der Waals surface area contributed by atoms with Crippen molar-refractivity contribution in [1.29, 1.82) is 0 Å². The molecule has 3 rings (SSSR count). The summed E-state index contributed by atoms with van der Waals surface area (Å²) < 4.78 is 1.16. The second-order valence-electron chi connectivity index (χ2n) is 5.65. The Hall–Kier alpha value is -0.800. The van der Waals surface area contributed by atoms with Gasteiger partial charge in [-0.15, -0.1) is 0 Å². The fourth-order valence-corrected chi connectivity index (χ4v) is 3.80. The minimum absolute atomic E-state index is 0.686. The van der Waals surface area contributed by atoms with Crippen LogP contribution in [0, 0.1) is 5.92 Å². The van der Waals surface area contributed by atoms with Gasteiger partial charge in [-0.05, 0) is 56.0 Å². The summed E-state index contributed by atoms with van der Waals surface area (Å²) in [4.78, 5) is 3.40. The Morgan fingerprint density at radius 2 is 2.16 bits per heavy atom. The number of aromatic amines is 1. The Bertz CT molecular complexity index is 561. The van der Waals surface area contributed by atoms with Gasteiger partial charge in [0.1, 0.15) is 0 Å². The fourth-order valence-electron chi connectivity index (χ4n) is 3.43. The van der Waals surface area contributed by atoms with Gasteiger partial charge in [-0.1, -0.05) is 28.8 Å². The highest BCUT2D eigenvalue weighted by atomic mass is 79.9. The lowest BCUT2D eigenvalue weighted by atomic mass is 9.81. The number of aromatic nitrogens is 1. The van der Waals surface area contributed by atoms with Gasteiger partial charge in [0.25, 0.3) is 0 Å². The summed E-state index contributed by atoms with van der Waals surface area (Å²) in [6.07, 6.45) is 8.82. The first-order valence-electron chi connectivity index (χ1n) is 7.20. The van der Waals surface area contributed by atoms with Crippen LogP contribution >= 0.6 is 15.9 Å². The van der Waals surface area contributed by atoms with E-state index in [0.29, 0.717) is 6.04 Å². The minimum atomic E-state index is 0.686. The van der Waals surface area contributed by atoms with Crippen molar-refractivity contribution in [1.82, 2.24) is 10.3 Å². The maximum absolute atomic E-state index is 3.58. The van der Waals surface area contributed by atoms with Crippen LogP contribution in [0.15, 0.2) is 28.9 Å². The molecule has 19 heavy (non-hydrogen) atoms. The van der Waals surface area contributed by atoms with Crippen molar-refractivity contribution in [2.75, 3.05) is 7.05 Å². The van der Waals surface area contributed by atoms with Crippen molar-refractivity contribution in [3.63, 3.8) is 0 Å². The van der Waals surface area contributed by atoms with Gasteiger partial charge in [-0.3, -0.25) is 0 Å². The molecular weight excluding hydrogens is 300 g/mol. The zero-order valence-electron chi connectivity index (χ0n) is 11.4. The molecule has 0 spiro atoms. The molecular formula is C16H21BrN2. The lowest BCUT2D eigenvalue weighted by Gasteiger charge is -2.31. The van der Waals surface area contributed by atoms with Crippen molar-refractivity contribution in [2.45, 2.75) is 38.1 Å². The first-order chi connectivity index (χ1) is 9.28. The Kier molecular flexibility index (Phi) is 3.94. The topological polar surface area (TPSA) is 27.8 Å².